The van der Waals surface area contributed by atoms with E-state index in [-0.39, 0.29) is 11.3 Å². The van der Waals surface area contributed by atoms with Crippen molar-refractivity contribution >= 4 is 28.5 Å². The predicted molar refractivity (Wildman–Crippen MR) is 80.5 cm³/mol. The number of ether oxygens (including phenoxy) is 1. The van der Waals surface area contributed by atoms with Gasteiger partial charge in [-0.15, -0.1) is 0 Å². The molecule has 0 spiro atoms. The fourth-order valence-corrected chi connectivity index (χ4v) is 2.13. The van der Waals surface area contributed by atoms with Gasteiger partial charge in [-0.2, -0.15) is 0 Å². The zero-order chi connectivity index (χ0) is 15.8. The Hall–Kier alpha value is -2.09. The molecule has 7 nitrogen and oxygen atoms in total. The summed E-state index contributed by atoms with van der Waals surface area (Å²) in [5, 5.41) is 14.1. The van der Waals surface area contributed by atoms with Gasteiger partial charge in [-0.25, -0.2) is 9.59 Å². The highest BCUT2D eigenvalue weighted by atomic mass is 32.2. The Kier molecular flexibility index (Phi) is 6.67. The quantitative estimate of drug-likeness (QED) is 0.658. The van der Waals surface area contributed by atoms with Crippen molar-refractivity contribution in [1.82, 2.24) is 5.32 Å². The van der Waals surface area contributed by atoms with E-state index in [1.165, 1.54) is 25.3 Å². The molecule has 8 heteroatoms. The van der Waals surface area contributed by atoms with Crippen molar-refractivity contribution in [3.63, 3.8) is 0 Å². The van der Waals surface area contributed by atoms with E-state index in [0.29, 0.717) is 24.5 Å². The number of nitrogens with one attached hydrogen (secondary N) is 2. The van der Waals surface area contributed by atoms with Crippen LogP contribution in [0.25, 0.3) is 0 Å². The Morgan fingerprint density at radius 1 is 1.38 bits per heavy atom. The first kappa shape index (κ1) is 17.0. The van der Waals surface area contributed by atoms with Gasteiger partial charge in [-0.3, -0.25) is 4.21 Å². The number of urea groups is 1. The molecule has 1 aromatic rings. The number of carbonyl (C=O) groups is 2. The van der Waals surface area contributed by atoms with Crippen LogP contribution in [0.5, 0.6) is 5.75 Å². The molecular weight excluding hydrogens is 296 g/mol. The van der Waals surface area contributed by atoms with E-state index in [4.69, 9.17) is 9.84 Å². The maximum absolute atomic E-state index is 11.7. The Morgan fingerprint density at radius 2 is 2.10 bits per heavy atom. The molecule has 0 heterocycles. The number of methoxy groups -OCH3 is 1. The number of hydrogen-bond donors (Lipinski definition) is 3. The number of carboxylic acid groups (broad SMARTS) is 1. The average Bonchev–Trinajstić information content (AvgIpc) is 2.43. The van der Waals surface area contributed by atoms with Crippen LogP contribution in [-0.4, -0.2) is 47.0 Å². The van der Waals surface area contributed by atoms with Crippen LogP contribution in [0.1, 0.15) is 16.8 Å². The molecule has 2 amide bonds. The zero-order valence-corrected chi connectivity index (χ0v) is 12.7. The third kappa shape index (κ3) is 5.82. The average molecular weight is 314 g/mol. The minimum Gasteiger partial charge on any atom is -0.497 e. The number of amides is 2. The van der Waals surface area contributed by atoms with Crippen molar-refractivity contribution in [3.8, 4) is 5.75 Å². The Morgan fingerprint density at radius 3 is 2.67 bits per heavy atom. The molecule has 1 rings (SSSR count). The van der Waals surface area contributed by atoms with Crippen LogP contribution in [0.3, 0.4) is 0 Å². The third-order valence-corrected chi connectivity index (χ3v) is 3.46. The largest absolute Gasteiger partial charge is 0.497 e. The molecule has 0 aromatic heterocycles. The predicted octanol–water partition coefficient (Wildman–Crippen LogP) is 1.28. The summed E-state index contributed by atoms with van der Waals surface area (Å²) in [7, 11) is 0.551. The summed E-state index contributed by atoms with van der Waals surface area (Å²) in [5.41, 5.74) is 0.124. The second kappa shape index (κ2) is 8.25. The van der Waals surface area contributed by atoms with Gasteiger partial charge in [0.15, 0.2) is 0 Å². The molecule has 0 bridgehead atoms. The normalized spacial score (nSPS) is 11.5. The minimum atomic E-state index is -1.14. The van der Waals surface area contributed by atoms with E-state index in [0.717, 1.165) is 0 Å². The Balaban J connectivity index is 2.65. The van der Waals surface area contributed by atoms with Crippen molar-refractivity contribution in [2.45, 2.75) is 6.42 Å². The number of carboxylic acids is 1. The molecule has 3 N–H and O–H groups in total. The first-order chi connectivity index (χ1) is 9.93. The smallest absolute Gasteiger partial charge is 0.337 e. The summed E-state index contributed by atoms with van der Waals surface area (Å²) in [4.78, 5) is 22.8. The van der Waals surface area contributed by atoms with Crippen molar-refractivity contribution in [3.05, 3.63) is 23.8 Å². The molecule has 0 aliphatic rings. The second-order valence-corrected chi connectivity index (χ2v) is 5.78. The van der Waals surface area contributed by atoms with Gasteiger partial charge in [0.2, 0.25) is 0 Å². The second-order valence-electron chi connectivity index (χ2n) is 4.23. The van der Waals surface area contributed by atoms with Gasteiger partial charge in [0.05, 0.1) is 18.4 Å². The van der Waals surface area contributed by atoms with Crippen LogP contribution in [-0.2, 0) is 10.8 Å². The lowest BCUT2D eigenvalue weighted by molar-refractivity contribution is 0.0698. The lowest BCUT2D eigenvalue weighted by Gasteiger charge is -2.11. The zero-order valence-electron chi connectivity index (χ0n) is 11.8. The number of benzene rings is 1. The van der Waals surface area contributed by atoms with Crippen molar-refractivity contribution in [2.24, 2.45) is 0 Å². The van der Waals surface area contributed by atoms with E-state index < -0.39 is 22.8 Å². The van der Waals surface area contributed by atoms with Crippen molar-refractivity contribution < 1.29 is 23.6 Å². The lowest BCUT2D eigenvalue weighted by atomic mass is 10.1. The molecule has 0 fully saturated rings. The highest BCUT2D eigenvalue weighted by Crippen LogP contribution is 2.22. The SMILES string of the molecule is COc1ccc(C(=O)O)c(NC(=O)NCCCS(C)=O)c1. The third-order valence-electron chi connectivity index (χ3n) is 2.60. The summed E-state index contributed by atoms with van der Waals surface area (Å²) in [6.07, 6.45) is 2.18. The van der Waals surface area contributed by atoms with Crippen LogP contribution in [0, 0.1) is 0 Å². The minimum absolute atomic E-state index is 0.0272. The number of hydrogen-bond acceptors (Lipinski definition) is 4. The van der Waals surface area contributed by atoms with E-state index in [2.05, 4.69) is 10.6 Å². The molecule has 1 aromatic carbocycles. The van der Waals surface area contributed by atoms with Gasteiger partial charge >= 0.3 is 12.0 Å². The van der Waals surface area contributed by atoms with Gasteiger partial charge in [0, 0.05) is 35.4 Å². The van der Waals surface area contributed by atoms with E-state index in [1.807, 2.05) is 0 Å². The van der Waals surface area contributed by atoms with Crippen LogP contribution >= 0.6 is 0 Å². The Bertz CT molecular complexity index is 547. The maximum Gasteiger partial charge on any atom is 0.337 e. The van der Waals surface area contributed by atoms with Crippen molar-refractivity contribution in [2.75, 3.05) is 31.0 Å². The molecule has 1 unspecified atom stereocenters. The molecule has 1 atom stereocenters. The first-order valence-corrected chi connectivity index (χ1v) is 7.93. The molecule has 0 aliphatic heterocycles. The Labute approximate surface area is 125 Å². The van der Waals surface area contributed by atoms with Crippen LogP contribution in [0.15, 0.2) is 18.2 Å². The summed E-state index contributed by atoms with van der Waals surface area (Å²) in [6.45, 7) is 0.359. The maximum atomic E-state index is 11.7. The van der Waals surface area contributed by atoms with Gasteiger partial charge in [0.1, 0.15) is 5.75 Å². The van der Waals surface area contributed by atoms with Crippen LogP contribution < -0.4 is 15.4 Å². The number of rotatable bonds is 7. The summed E-state index contributed by atoms with van der Waals surface area (Å²) in [5.74, 6) is -0.203. The highest BCUT2D eigenvalue weighted by molar-refractivity contribution is 7.84. The van der Waals surface area contributed by atoms with Gasteiger partial charge in [-0.1, -0.05) is 0 Å². The lowest BCUT2D eigenvalue weighted by Crippen LogP contribution is -2.30. The standard InChI is InChI=1S/C13H18N2O5S/c1-20-9-4-5-10(12(16)17)11(8-9)15-13(18)14-6-3-7-21(2)19/h4-5,8H,3,6-7H2,1-2H3,(H,16,17)(H2,14,15,18). The molecule has 116 valence electrons. The summed E-state index contributed by atoms with van der Waals surface area (Å²) >= 11 is 0. The highest BCUT2D eigenvalue weighted by Gasteiger charge is 2.13. The molecule has 21 heavy (non-hydrogen) atoms. The van der Waals surface area contributed by atoms with Crippen LogP contribution in [0.4, 0.5) is 10.5 Å². The molecule has 0 aliphatic carbocycles. The fraction of sp³-hybridized carbons (Fsp3) is 0.385. The first-order valence-electron chi connectivity index (χ1n) is 6.20. The molecule has 0 radical (unpaired) electrons. The van der Waals surface area contributed by atoms with E-state index >= 15 is 0 Å². The van der Waals surface area contributed by atoms with Gasteiger partial charge in [0.25, 0.3) is 0 Å². The number of aromatic carboxylic acids is 1. The van der Waals surface area contributed by atoms with E-state index in [9.17, 15) is 13.8 Å². The summed E-state index contributed by atoms with van der Waals surface area (Å²) in [6, 6.07) is 3.78. The van der Waals surface area contributed by atoms with Gasteiger partial charge < -0.3 is 20.5 Å². The molecule has 0 saturated heterocycles. The van der Waals surface area contributed by atoms with Crippen molar-refractivity contribution in [1.29, 1.82) is 0 Å². The summed E-state index contributed by atoms with van der Waals surface area (Å²) < 4.78 is 15.9. The fourth-order valence-electron chi connectivity index (χ4n) is 1.58. The number of anilines is 1. The molecule has 0 saturated carbocycles. The topological polar surface area (TPSA) is 105 Å². The molecular formula is C13H18N2O5S. The van der Waals surface area contributed by atoms with Crippen LogP contribution in [0.2, 0.25) is 0 Å². The van der Waals surface area contributed by atoms with Gasteiger partial charge in [-0.05, 0) is 18.6 Å². The van der Waals surface area contributed by atoms with E-state index in [1.54, 1.807) is 6.26 Å². The monoisotopic (exact) mass is 314 g/mol. The number of carbonyl (C=O) groups excluding carboxylic acids is 1.